The first-order valence-electron chi connectivity index (χ1n) is 10.7. The summed E-state index contributed by atoms with van der Waals surface area (Å²) < 4.78 is 16.8. The van der Waals surface area contributed by atoms with E-state index in [0.717, 1.165) is 11.5 Å². The van der Waals surface area contributed by atoms with Gasteiger partial charge in [0.1, 0.15) is 5.82 Å². The van der Waals surface area contributed by atoms with Crippen LogP contribution in [0.5, 0.6) is 0 Å². The molecule has 164 valence electrons. The van der Waals surface area contributed by atoms with Gasteiger partial charge in [-0.25, -0.2) is 4.39 Å². The number of furan rings is 1. The number of hydrogen-bond donors (Lipinski definition) is 0. The van der Waals surface area contributed by atoms with E-state index in [0.29, 0.717) is 0 Å². The van der Waals surface area contributed by atoms with Crippen molar-refractivity contribution in [2.75, 3.05) is 19.0 Å². The van der Waals surface area contributed by atoms with Crippen molar-refractivity contribution < 1.29 is 8.81 Å². The third-order valence-electron chi connectivity index (χ3n) is 4.87. The lowest BCUT2D eigenvalue weighted by Gasteiger charge is -2.11. The largest absolute Gasteiger partial charge is 0.472 e. The fourth-order valence-corrected chi connectivity index (χ4v) is 2.84. The van der Waals surface area contributed by atoms with E-state index >= 15 is 0 Å². The Morgan fingerprint density at radius 2 is 1.27 bits per heavy atom. The van der Waals surface area contributed by atoms with Gasteiger partial charge in [0, 0.05) is 19.8 Å². The topological polar surface area (TPSA) is 16.4 Å². The maximum atomic E-state index is 12.1. The van der Waals surface area contributed by atoms with Crippen molar-refractivity contribution >= 4 is 5.69 Å². The van der Waals surface area contributed by atoms with E-state index < -0.39 is 0 Å². The van der Waals surface area contributed by atoms with Crippen molar-refractivity contribution in [1.82, 2.24) is 0 Å². The van der Waals surface area contributed by atoms with Crippen LogP contribution in [0.25, 0.3) is 0 Å². The van der Waals surface area contributed by atoms with Gasteiger partial charge in [-0.2, -0.15) is 0 Å². The molecule has 0 bridgehead atoms. The molecule has 0 radical (unpaired) electrons. The molecule has 0 amide bonds. The second-order valence-corrected chi connectivity index (χ2v) is 8.22. The van der Waals surface area contributed by atoms with E-state index in [4.69, 9.17) is 4.42 Å². The lowest BCUT2D eigenvalue weighted by Crippen LogP contribution is -2.07. The van der Waals surface area contributed by atoms with Crippen LogP contribution in [0.4, 0.5) is 10.1 Å². The smallest absolute Gasteiger partial charge is 0.123 e. The molecule has 2 nitrogen and oxygen atoms in total. The van der Waals surface area contributed by atoms with Gasteiger partial charge in [-0.05, 0) is 62.6 Å². The second kappa shape index (κ2) is 14.4. The molecule has 30 heavy (non-hydrogen) atoms. The number of nitrogens with zero attached hydrogens (tertiary/aromatic N) is 1. The van der Waals surface area contributed by atoms with Crippen LogP contribution in [-0.2, 0) is 0 Å². The summed E-state index contributed by atoms with van der Waals surface area (Å²) in [6.45, 7) is 8.36. The SMILES string of the molecule is CC1CCCC1.Cc1ccc(F)cc1.Cc1ccc(N(C)C)cc1.Cc1ccoc1. The maximum absolute atomic E-state index is 12.1. The normalized spacial score (nSPS) is 12.5. The van der Waals surface area contributed by atoms with Crippen LogP contribution < -0.4 is 4.90 Å². The maximum Gasteiger partial charge on any atom is 0.123 e. The highest BCUT2D eigenvalue weighted by atomic mass is 19.1. The standard InChI is InChI=1S/C9H13N.C7H7F.C6H12.C5H6O/c1-8-4-6-9(7-5-8)10(2)3;1-6-2-4-7(8)5-3-6;1-6-4-2-3-5-6;1-5-2-3-6-4-5/h4-7H,1-3H3;2-5H,1H3;6H,2-5H2,1H3;2-4H,1H3. The van der Waals surface area contributed by atoms with Crippen molar-refractivity contribution in [3.63, 3.8) is 0 Å². The molecule has 1 saturated carbocycles. The summed E-state index contributed by atoms with van der Waals surface area (Å²) in [4.78, 5) is 2.10. The van der Waals surface area contributed by atoms with Crippen LogP contribution in [-0.4, -0.2) is 14.1 Å². The minimum absolute atomic E-state index is 0.171. The van der Waals surface area contributed by atoms with Crippen LogP contribution in [0.15, 0.2) is 71.5 Å². The summed E-state index contributed by atoms with van der Waals surface area (Å²) in [6, 6.07) is 16.8. The first-order valence-corrected chi connectivity index (χ1v) is 10.7. The second-order valence-electron chi connectivity index (χ2n) is 8.22. The van der Waals surface area contributed by atoms with Gasteiger partial charge < -0.3 is 9.32 Å². The van der Waals surface area contributed by atoms with Gasteiger partial charge in [-0.3, -0.25) is 0 Å². The molecule has 0 N–H and O–H groups in total. The van der Waals surface area contributed by atoms with Gasteiger partial charge in [-0.1, -0.05) is 68.0 Å². The molecule has 0 saturated heterocycles. The van der Waals surface area contributed by atoms with Gasteiger partial charge >= 0.3 is 0 Å². The summed E-state index contributed by atoms with van der Waals surface area (Å²) in [5.41, 5.74) is 4.83. The molecule has 1 aromatic heterocycles. The highest BCUT2D eigenvalue weighted by Gasteiger charge is 2.07. The first kappa shape index (κ1) is 25.5. The summed E-state index contributed by atoms with van der Waals surface area (Å²) in [6.07, 6.45) is 9.32. The molecule has 3 aromatic rings. The van der Waals surface area contributed by atoms with Crippen molar-refractivity contribution in [1.29, 1.82) is 0 Å². The quantitative estimate of drug-likeness (QED) is 0.403. The van der Waals surface area contributed by atoms with Gasteiger partial charge in [0.05, 0.1) is 12.5 Å². The van der Waals surface area contributed by atoms with E-state index in [9.17, 15) is 4.39 Å². The molecule has 3 heteroatoms. The van der Waals surface area contributed by atoms with E-state index in [1.807, 2.05) is 34.0 Å². The molecule has 4 rings (SSSR count). The van der Waals surface area contributed by atoms with Crippen LogP contribution in [0.2, 0.25) is 0 Å². The Balaban J connectivity index is 0.000000205. The molecule has 1 aliphatic carbocycles. The molecule has 0 aliphatic heterocycles. The minimum Gasteiger partial charge on any atom is -0.472 e. The zero-order valence-electron chi connectivity index (χ0n) is 19.5. The van der Waals surface area contributed by atoms with Gasteiger partial charge in [0.25, 0.3) is 0 Å². The van der Waals surface area contributed by atoms with E-state index in [2.05, 4.69) is 43.0 Å². The fourth-order valence-electron chi connectivity index (χ4n) is 2.84. The zero-order valence-corrected chi connectivity index (χ0v) is 19.5. The summed E-state index contributed by atoms with van der Waals surface area (Å²) in [7, 11) is 4.09. The summed E-state index contributed by atoms with van der Waals surface area (Å²) in [5.74, 6) is 0.876. The lowest BCUT2D eigenvalue weighted by atomic mass is 10.2. The minimum atomic E-state index is -0.171. The van der Waals surface area contributed by atoms with Crippen LogP contribution in [0, 0.1) is 32.5 Å². The first-order chi connectivity index (χ1) is 14.3. The lowest BCUT2D eigenvalue weighted by molar-refractivity contribution is 0.565. The Morgan fingerprint density at radius 3 is 1.53 bits per heavy atom. The molecule has 2 aromatic carbocycles. The Hall–Kier alpha value is -2.55. The molecule has 0 atom stereocenters. The highest BCUT2D eigenvalue weighted by Crippen LogP contribution is 2.22. The number of rotatable bonds is 1. The van der Waals surface area contributed by atoms with Gasteiger partial charge in [0.15, 0.2) is 0 Å². The van der Waals surface area contributed by atoms with Crippen molar-refractivity contribution in [3.8, 4) is 0 Å². The number of halogens is 1. The summed E-state index contributed by atoms with van der Waals surface area (Å²) in [5, 5.41) is 0. The van der Waals surface area contributed by atoms with Crippen molar-refractivity contribution in [2.45, 2.75) is 53.4 Å². The molecular formula is C27H38FNO. The molecular weight excluding hydrogens is 373 g/mol. The third kappa shape index (κ3) is 12.1. The van der Waals surface area contributed by atoms with Crippen LogP contribution >= 0.6 is 0 Å². The van der Waals surface area contributed by atoms with Crippen molar-refractivity contribution in [3.05, 3.63) is 89.6 Å². The fraction of sp³-hybridized carbons (Fsp3) is 0.407. The van der Waals surface area contributed by atoms with E-state index in [-0.39, 0.29) is 5.82 Å². The van der Waals surface area contributed by atoms with Gasteiger partial charge in [0.2, 0.25) is 0 Å². The van der Waals surface area contributed by atoms with Crippen LogP contribution in [0.1, 0.15) is 49.3 Å². The number of hydrogen-bond acceptors (Lipinski definition) is 2. The Kier molecular flexibility index (Phi) is 12.3. The predicted octanol–water partition coefficient (Wildman–Crippen LogP) is 7.98. The highest BCUT2D eigenvalue weighted by molar-refractivity contribution is 5.45. The Labute approximate surface area is 182 Å². The Morgan fingerprint density at radius 1 is 0.767 bits per heavy atom. The van der Waals surface area contributed by atoms with Crippen molar-refractivity contribution in [2.24, 2.45) is 5.92 Å². The molecule has 1 aliphatic rings. The van der Waals surface area contributed by atoms with Gasteiger partial charge in [-0.15, -0.1) is 0 Å². The average Bonchev–Trinajstić information content (AvgIpc) is 3.39. The molecule has 1 heterocycles. The molecule has 0 spiro atoms. The molecule has 1 fully saturated rings. The zero-order chi connectivity index (χ0) is 22.4. The predicted molar refractivity (Wildman–Crippen MR) is 128 cm³/mol. The monoisotopic (exact) mass is 411 g/mol. The third-order valence-corrected chi connectivity index (χ3v) is 4.87. The Bertz CT molecular complexity index is 750. The number of aryl methyl sites for hydroxylation is 3. The number of benzene rings is 2. The molecule has 0 unspecified atom stereocenters. The average molecular weight is 412 g/mol. The number of anilines is 1. The van der Waals surface area contributed by atoms with Crippen LogP contribution in [0.3, 0.4) is 0 Å². The summed E-state index contributed by atoms with van der Waals surface area (Å²) >= 11 is 0. The van der Waals surface area contributed by atoms with E-state index in [1.165, 1.54) is 54.6 Å². The van der Waals surface area contributed by atoms with E-state index in [1.54, 1.807) is 24.7 Å².